The number of allylic oxidation sites excluding steroid dienone is 1. The number of benzene rings is 1. The van der Waals surface area contributed by atoms with E-state index in [0.717, 1.165) is 35.3 Å². The summed E-state index contributed by atoms with van der Waals surface area (Å²) < 4.78 is 6.20. The molecule has 0 spiro atoms. The van der Waals surface area contributed by atoms with Crippen molar-refractivity contribution in [3.63, 3.8) is 0 Å². The maximum atomic E-state index is 10.8. The van der Waals surface area contributed by atoms with Gasteiger partial charge in [0.05, 0.1) is 0 Å². The Labute approximate surface area is 159 Å². The van der Waals surface area contributed by atoms with Crippen LogP contribution in [-0.4, -0.2) is 17.7 Å². The quantitative estimate of drug-likeness (QED) is 0.671. The summed E-state index contributed by atoms with van der Waals surface area (Å²) in [6.45, 7) is 4.75. The van der Waals surface area contributed by atoms with Crippen molar-refractivity contribution in [3.8, 4) is 5.75 Å². The third-order valence-electron chi connectivity index (χ3n) is 5.26. The highest BCUT2D eigenvalue weighted by atomic mass is 32.1. The molecule has 0 bridgehead atoms. The number of carbonyl (C=O) groups is 1. The highest BCUT2D eigenvalue weighted by molar-refractivity contribution is 7.11. The molecule has 1 aromatic carbocycles. The molecular formula is C22H26O3S. The van der Waals surface area contributed by atoms with Gasteiger partial charge in [0.2, 0.25) is 0 Å². The monoisotopic (exact) mass is 370 g/mol. The Kier molecular flexibility index (Phi) is 6.15. The third kappa shape index (κ3) is 4.36. The highest BCUT2D eigenvalue weighted by Gasteiger charge is 2.16. The van der Waals surface area contributed by atoms with Gasteiger partial charge in [-0.25, -0.2) is 0 Å². The van der Waals surface area contributed by atoms with Crippen LogP contribution in [0.4, 0.5) is 0 Å². The van der Waals surface area contributed by atoms with E-state index in [1.807, 2.05) is 23.5 Å². The molecule has 0 fully saturated rings. The smallest absolute Gasteiger partial charge is 0.303 e. The Balaban J connectivity index is 1.74. The molecule has 2 aromatic rings. The maximum absolute atomic E-state index is 10.8. The number of aliphatic carboxylic acids is 1. The van der Waals surface area contributed by atoms with Crippen LogP contribution in [0.1, 0.15) is 53.7 Å². The molecule has 0 unspecified atom stereocenters. The van der Waals surface area contributed by atoms with Gasteiger partial charge in [-0.3, -0.25) is 4.79 Å². The lowest BCUT2D eigenvalue weighted by Gasteiger charge is -2.21. The van der Waals surface area contributed by atoms with Crippen LogP contribution in [0.5, 0.6) is 5.75 Å². The Morgan fingerprint density at radius 2 is 1.96 bits per heavy atom. The van der Waals surface area contributed by atoms with Gasteiger partial charge in [0.1, 0.15) is 12.4 Å². The van der Waals surface area contributed by atoms with E-state index in [-0.39, 0.29) is 6.42 Å². The van der Waals surface area contributed by atoms with Crippen molar-refractivity contribution in [1.82, 2.24) is 0 Å². The van der Waals surface area contributed by atoms with Crippen LogP contribution in [0.15, 0.2) is 35.2 Å². The summed E-state index contributed by atoms with van der Waals surface area (Å²) in [4.78, 5) is 12.2. The fourth-order valence-electron chi connectivity index (χ4n) is 3.56. The zero-order valence-electron chi connectivity index (χ0n) is 15.5. The van der Waals surface area contributed by atoms with Gasteiger partial charge >= 0.3 is 5.97 Å². The Hall–Kier alpha value is -2.07. The first kappa shape index (κ1) is 18.7. The van der Waals surface area contributed by atoms with Crippen LogP contribution in [0.3, 0.4) is 0 Å². The molecule has 0 atom stereocenters. The molecule has 3 rings (SSSR count). The van der Waals surface area contributed by atoms with Crippen LogP contribution in [0.2, 0.25) is 0 Å². The summed E-state index contributed by atoms with van der Waals surface area (Å²) >= 11 is 1.81. The zero-order valence-corrected chi connectivity index (χ0v) is 16.3. The number of ether oxygens (including phenoxy) is 1. The number of carboxylic acids is 1. The van der Waals surface area contributed by atoms with E-state index in [1.54, 1.807) is 0 Å². The van der Waals surface area contributed by atoms with Crippen LogP contribution < -0.4 is 4.74 Å². The first-order valence-electron chi connectivity index (χ1n) is 9.24. The molecule has 0 aliphatic heterocycles. The minimum absolute atomic E-state index is 0.164. The molecule has 3 nitrogen and oxygen atoms in total. The van der Waals surface area contributed by atoms with E-state index in [1.165, 1.54) is 28.9 Å². The van der Waals surface area contributed by atoms with Gasteiger partial charge in [0.25, 0.3) is 0 Å². The molecule has 0 radical (unpaired) electrons. The SMILES string of the molecule is Cc1c(CCC(=O)O)ccc(OCC2=C(c3cccs3)CCCC2)c1C. The average molecular weight is 371 g/mol. The van der Waals surface area contributed by atoms with Crippen LogP contribution in [0, 0.1) is 13.8 Å². The third-order valence-corrected chi connectivity index (χ3v) is 6.19. The number of thiophene rings is 1. The van der Waals surface area contributed by atoms with E-state index < -0.39 is 5.97 Å². The fraction of sp³-hybridized carbons (Fsp3) is 0.409. The first-order chi connectivity index (χ1) is 12.6. The van der Waals surface area contributed by atoms with Gasteiger partial charge in [-0.15, -0.1) is 11.3 Å². The molecule has 1 aliphatic rings. The standard InChI is InChI=1S/C22H26O3S/c1-15-16(2)20(11-9-17(15)10-12-22(23)24)25-14-18-6-3-4-7-19(18)21-8-5-13-26-21/h5,8-9,11,13H,3-4,6-7,10,12,14H2,1-2H3,(H,23,24). The van der Waals surface area contributed by atoms with Crippen molar-refractivity contribution >= 4 is 22.9 Å². The van der Waals surface area contributed by atoms with Gasteiger partial charge in [0, 0.05) is 11.3 Å². The van der Waals surface area contributed by atoms with E-state index >= 15 is 0 Å². The summed E-state index contributed by atoms with van der Waals surface area (Å²) in [5.41, 5.74) is 6.24. The summed E-state index contributed by atoms with van der Waals surface area (Å²) in [6.07, 6.45) is 5.48. The first-order valence-corrected chi connectivity index (χ1v) is 10.1. The highest BCUT2D eigenvalue weighted by Crippen LogP contribution is 2.35. The van der Waals surface area contributed by atoms with Crippen molar-refractivity contribution in [1.29, 1.82) is 0 Å². The summed E-state index contributed by atoms with van der Waals surface area (Å²) in [5.74, 6) is 0.151. The maximum Gasteiger partial charge on any atom is 0.303 e. The minimum Gasteiger partial charge on any atom is -0.489 e. The van der Waals surface area contributed by atoms with Gasteiger partial charge in [-0.2, -0.15) is 0 Å². The topological polar surface area (TPSA) is 46.5 Å². The summed E-state index contributed by atoms with van der Waals surface area (Å²) in [6, 6.07) is 8.32. The van der Waals surface area contributed by atoms with Crippen LogP contribution in [-0.2, 0) is 11.2 Å². The van der Waals surface area contributed by atoms with Crippen molar-refractivity contribution in [2.75, 3.05) is 6.61 Å². The van der Waals surface area contributed by atoms with Gasteiger partial charge in [-0.1, -0.05) is 12.1 Å². The minimum atomic E-state index is -0.757. The van der Waals surface area contributed by atoms with E-state index in [9.17, 15) is 4.79 Å². The zero-order chi connectivity index (χ0) is 18.5. The predicted molar refractivity (Wildman–Crippen MR) is 107 cm³/mol. The van der Waals surface area contributed by atoms with E-state index in [4.69, 9.17) is 9.84 Å². The molecule has 26 heavy (non-hydrogen) atoms. The normalized spacial score (nSPS) is 14.5. The van der Waals surface area contributed by atoms with Crippen molar-refractivity contribution in [2.45, 2.75) is 52.4 Å². The largest absolute Gasteiger partial charge is 0.489 e. The number of aryl methyl sites for hydroxylation is 1. The van der Waals surface area contributed by atoms with Gasteiger partial charge in [-0.05, 0) is 91.3 Å². The molecule has 1 aliphatic carbocycles. The van der Waals surface area contributed by atoms with Crippen LogP contribution >= 0.6 is 11.3 Å². The van der Waals surface area contributed by atoms with Crippen molar-refractivity contribution in [2.24, 2.45) is 0 Å². The number of carboxylic acid groups (broad SMARTS) is 1. The Morgan fingerprint density at radius 3 is 2.69 bits per heavy atom. The number of hydrogen-bond donors (Lipinski definition) is 1. The lowest BCUT2D eigenvalue weighted by molar-refractivity contribution is -0.136. The second kappa shape index (κ2) is 8.54. The molecule has 0 saturated heterocycles. The van der Waals surface area contributed by atoms with Crippen molar-refractivity contribution < 1.29 is 14.6 Å². The lowest BCUT2D eigenvalue weighted by atomic mass is 9.91. The van der Waals surface area contributed by atoms with Crippen LogP contribution in [0.25, 0.3) is 5.57 Å². The summed E-state index contributed by atoms with van der Waals surface area (Å²) in [5, 5.41) is 11.0. The molecule has 1 heterocycles. The molecule has 1 aromatic heterocycles. The molecule has 0 amide bonds. The molecule has 4 heteroatoms. The van der Waals surface area contributed by atoms with Gasteiger partial charge < -0.3 is 9.84 Å². The fourth-order valence-corrected chi connectivity index (χ4v) is 4.41. The van der Waals surface area contributed by atoms with Crippen molar-refractivity contribution in [3.05, 3.63) is 56.8 Å². The van der Waals surface area contributed by atoms with Gasteiger partial charge in [0.15, 0.2) is 0 Å². The average Bonchev–Trinajstić information content (AvgIpc) is 3.17. The molecule has 138 valence electrons. The molecular weight excluding hydrogens is 344 g/mol. The molecule has 1 N–H and O–H groups in total. The summed E-state index contributed by atoms with van der Waals surface area (Å²) in [7, 11) is 0. The number of hydrogen-bond acceptors (Lipinski definition) is 3. The predicted octanol–water partition coefficient (Wildman–Crippen LogP) is 5.79. The Morgan fingerprint density at radius 1 is 1.15 bits per heavy atom. The molecule has 0 saturated carbocycles. The van der Waals surface area contributed by atoms with E-state index in [2.05, 4.69) is 31.4 Å². The number of rotatable bonds is 7. The van der Waals surface area contributed by atoms with E-state index in [0.29, 0.717) is 13.0 Å². The second-order valence-corrected chi connectivity index (χ2v) is 7.87. The Bertz CT molecular complexity index is 803. The lowest BCUT2D eigenvalue weighted by Crippen LogP contribution is -2.09. The second-order valence-electron chi connectivity index (χ2n) is 6.92.